The van der Waals surface area contributed by atoms with Gasteiger partial charge in [-0.2, -0.15) is 5.10 Å². The third-order valence-electron chi connectivity index (χ3n) is 5.86. The van der Waals surface area contributed by atoms with Gasteiger partial charge in [-0.3, -0.25) is 4.79 Å². The van der Waals surface area contributed by atoms with Crippen molar-refractivity contribution in [2.45, 2.75) is 57.3 Å². The predicted octanol–water partition coefficient (Wildman–Crippen LogP) is 2.99. The van der Waals surface area contributed by atoms with Crippen LogP contribution >= 0.6 is 0 Å². The van der Waals surface area contributed by atoms with Gasteiger partial charge in [0.1, 0.15) is 0 Å². The first-order valence-corrected chi connectivity index (χ1v) is 9.58. The largest absolute Gasteiger partial charge is 0.368 e. The molecule has 1 aliphatic heterocycles. The van der Waals surface area contributed by atoms with Crippen molar-refractivity contribution >= 4 is 17.4 Å². The Hall–Kier alpha value is -2.11. The molecule has 0 spiro atoms. The number of carbonyl (C=O) groups excluding carboxylic acids is 1. The molecule has 6 heteroatoms. The van der Waals surface area contributed by atoms with Gasteiger partial charge in [0.25, 0.3) is 0 Å². The Bertz CT molecular complexity index is 749. The Labute approximate surface area is 148 Å². The molecule has 0 unspecified atom stereocenters. The number of likely N-dealkylation sites (tertiary alicyclic amines) is 1. The number of nitrogens with zero attached hydrogens (tertiary/aromatic N) is 4. The fourth-order valence-electron chi connectivity index (χ4n) is 4.42. The van der Waals surface area contributed by atoms with Crippen molar-refractivity contribution in [1.29, 1.82) is 0 Å². The van der Waals surface area contributed by atoms with E-state index in [1.165, 1.54) is 25.7 Å². The third kappa shape index (κ3) is 3.48. The highest BCUT2D eigenvalue weighted by molar-refractivity contribution is 5.76. The number of fused-ring (bicyclic) bond motifs is 1. The van der Waals surface area contributed by atoms with E-state index >= 15 is 0 Å². The standard InChI is InChI=1S/C19H27N5O/c20-19-22-17(12-16-9-10-21-24(16)19)15-6-3-11-23(13-15)18(25)8-7-14-4-1-2-5-14/h9-10,12,14-15H,1-8,11,13H2,(H2,20,22)/t15-/m1/s1. The zero-order valence-corrected chi connectivity index (χ0v) is 14.7. The van der Waals surface area contributed by atoms with E-state index in [4.69, 9.17) is 5.73 Å². The molecular weight excluding hydrogens is 314 g/mol. The normalized spacial score (nSPS) is 21.9. The fraction of sp³-hybridized carbons (Fsp3) is 0.632. The van der Waals surface area contributed by atoms with E-state index in [1.807, 2.05) is 11.0 Å². The van der Waals surface area contributed by atoms with Crippen LogP contribution in [-0.2, 0) is 4.79 Å². The molecule has 2 aromatic rings. The molecule has 1 atom stereocenters. The summed E-state index contributed by atoms with van der Waals surface area (Å²) in [6.45, 7) is 1.64. The van der Waals surface area contributed by atoms with Gasteiger partial charge in [-0.15, -0.1) is 0 Å². The average Bonchev–Trinajstić information content (AvgIpc) is 3.31. The lowest BCUT2D eigenvalue weighted by molar-refractivity contribution is -0.132. The Balaban J connectivity index is 1.41. The molecule has 3 heterocycles. The number of aromatic nitrogens is 3. The highest BCUT2D eigenvalue weighted by Crippen LogP contribution is 2.30. The van der Waals surface area contributed by atoms with Gasteiger partial charge in [-0.25, -0.2) is 9.50 Å². The van der Waals surface area contributed by atoms with E-state index in [2.05, 4.69) is 16.1 Å². The zero-order valence-electron chi connectivity index (χ0n) is 14.7. The van der Waals surface area contributed by atoms with Gasteiger partial charge in [0.2, 0.25) is 11.9 Å². The molecule has 1 aliphatic carbocycles. The molecule has 1 saturated heterocycles. The van der Waals surface area contributed by atoms with Gasteiger partial charge >= 0.3 is 0 Å². The van der Waals surface area contributed by atoms with Crippen LogP contribution < -0.4 is 5.73 Å². The maximum atomic E-state index is 12.6. The summed E-state index contributed by atoms with van der Waals surface area (Å²) in [5, 5.41) is 4.17. The molecule has 1 saturated carbocycles. The SMILES string of the molecule is Nc1nc([C@@H]2CCCN(C(=O)CCC3CCCC3)C2)cc2ccnn12. The van der Waals surface area contributed by atoms with E-state index in [1.54, 1.807) is 10.7 Å². The van der Waals surface area contributed by atoms with Crippen molar-refractivity contribution in [3.8, 4) is 0 Å². The van der Waals surface area contributed by atoms with Crippen molar-refractivity contribution < 1.29 is 4.79 Å². The smallest absolute Gasteiger partial charge is 0.222 e. The molecule has 0 aromatic carbocycles. The topological polar surface area (TPSA) is 76.5 Å². The van der Waals surface area contributed by atoms with Crippen LogP contribution in [0.5, 0.6) is 0 Å². The fourth-order valence-corrected chi connectivity index (χ4v) is 4.42. The number of hydrogen-bond acceptors (Lipinski definition) is 4. The van der Waals surface area contributed by atoms with Crippen molar-refractivity contribution in [2.75, 3.05) is 18.8 Å². The van der Waals surface area contributed by atoms with Gasteiger partial charge in [-0.1, -0.05) is 25.7 Å². The molecule has 0 radical (unpaired) electrons. The number of nitrogen functional groups attached to an aromatic ring is 1. The maximum Gasteiger partial charge on any atom is 0.222 e. The highest BCUT2D eigenvalue weighted by atomic mass is 16.2. The molecule has 2 fully saturated rings. The molecule has 2 aromatic heterocycles. The van der Waals surface area contributed by atoms with Gasteiger partial charge in [0.15, 0.2) is 0 Å². The van der Waals surface area contributed by atoms with Crippen LogP contribution in [0.2, 0.25) is 0 Å². The maximum absolute atomic E-state index is 12.6. The van der Waals surface area contributed by atoms with Gasteiger partial charge in [-0.05, 0) is 37.3 Å². The van der Waals surface area contributed by atoms with Gasteiger partial charge in [0, 0.05) is 25.4 Å². The molecule has 25 heavy (non-hydrogen) atoms. The number of carbonyl (C=O) groups is 1. The van der Waals surface area contributed by atoms with Crippen LogP contribution in [0.15, 0.2) is 18.3 Å². The highest BCUT2D eigenvalue weighted by Gasteiger charge is 2.27. The first-order chi connectivity index (χ1) is 12.2. The van der Waals surface area contributed by atoms with Gasteiger partial charge < -0.3 is 10.6 Å². The number of anilines is 1. The molecule has 1 amide bonds. The summed E-state index contributed by atoms with van der Waals surface area (Å²) < 4.78 is 1.65. The van der Waals surface area contributed by atoms with Crippen molar-refractivity contribution in [3.63, 3.8) is 0 Å². The minimum atomic E-state index is 0.270. The second kappa shape index (κ2) is 7.02. The van der Waals surface area contributed by atoms with Gasteiger partial charge in [0.05, 0.1) is 17.4 Å². The Morgan fingerprint density at radius 2 is 2.08 bits per heavy atom. The minimum Gasteiger partial charge on any atom is -0.368 e. The summed E-state index contributed by atoms with van der Waals surface area (Å²) in [5.74, 6) is 1.78. The summed E-state index contributed by atoms with van der Waals surface area (Å²) in [6.07, 6.45) is 10.9. The first-order valence-electron chi connectivity index (χ1n) is 9.58. The number of rotatable bonds is 4. The first kappa shape index (κ1) is 16.4. The predicted molar refractivity (Wildman–Crippen MR) is 97.1 cm³/mol. The number of amides is 1. The van der Waals surface area contributed by atoms with Crippen molar-refractivity contribution in [3.05, 3.63) is 24.0 Å². The Morgan fingerprint density at radius 1 is 1.24 bits per heavy atom. The molecule has 4 rings (SSSR count). The van der Waals surface area contributed by atoms with E-state index in [-0.39, 0.29) is 5.92 Å². The van der Waals surface area contributed by atoms with Crippen LogP contribution in [0, 0.1) is 5.92 Å². The van der Waals surface area contributed by atoms with Crippen molar-refractivity contribution in [2.24, 2.45) is 5.92 Å². The summed E-state index contributed by atoms with van der Waals surface area (Å²) in [4.78, 5) is 19.2. The monoisotopic (exact) mass is 341 g/mol. The van der Waals surface area contributed by atoms with E-state index in [0.29, 0.717) is 18.3 Å². The van der Waals surface area contributed by atoms with Crippen molar-refractivity contribution in [1.82, 2.24) is 19.5 Å². The Morgan fingerprint density at radius 3 is 2.92 bits per heavy atom. The summed E-state index contributed by atoms with van der Waals surface area (Å²) in [6, 6.07) is 4.00. The van der Waals surface area contributed by atoms with Crippen LogP contribution in [-0.4, -0.2) is 38.5 Å². The second-order valence-corrected chi connectivity index (χ2v) is 7.58. The quantitative estimate of drug-likeness (QED) is 0.927. The minimum absolute atomic E-state index is 0.270. The zero-order chi connectivity index (χ0) is 17.2. The third-order valence-corrected chi connectivity index (χ3v) is 5.86. The molecule has 2 N–H and O–H groups in total. The molecular formula is C19H27N5O. The molecule has 6 nitrogen and oxygen atoms in total. The Kier molecular flexibility index (Phi) is 4.59. The molecule has 134 valence electrons. The summed E-state index contributed by atoms with van der Waals surface area (Å²) in [5.41, 5.74) is 7.98. The van der Waals surface area contributed by atoms with Crippen LogP contribution in [0.1, 0.15) is 63.0 Å². The second-order valence-electron chi connectivity index (χ2n) is 7.58. The number of nitrogens with two attached hydrogens (primary N) is 1. The summed E-state index contributed by atoms with van der Waals surface area (Å²) in [7, 11) is 0. The van der Waals surface area contributed by atoms with Crippen LogP contribution in [0.25, 0.3) is 5.52 Å². The lowest BCUT2D eigenvalue weighted by atomic mass is 9.93. The molecule has 0 bridgehead atoms. The lowest BCUT2D eigenvalue weighted by Gasteiger charge is -2.33. The number of piperidine rings is 1. The van der Waals surface area contributed by atoms with E-state index in [9.17, 15) is 4.79 Å². The number of hydrogen-bond donors (Lipinski definition) is 1. The van der Waals surface area contributed by atoms with E-state index < -0.39 is 0 Å². The van der Waals surface area contributed by atoms with Crippen LogP contribution in [0.3, 0.4) is 0 Å². The average molecular weight is 341 g/mol. The summed E-state index contributed by atoms with van der Waals surface area (Å²) >= 11 is 0. The molecule has 2 aliphatic rings. The van der Waals surface area contributed by atoms with Crippen LogP contribution in [0.4, 0.5) is 5.95 Å². The van der Waals surface area contributed by atoms with E-state index in [0.717, 1.165) is 49.5 Å². The lowest BCUT2D eigenvalue weighted by Crippen LogP contribution is -2.39.